The van der Waals surface area contributed by atoms with E-state index < -0.39 is 5.60 Å². The molecule has 0 aliphatic carbocycles. The number of nitrogens with zero attached hydrogens (tertiary/aromatic N) is 3. The number of nitrogens with one attached hydrogen (secondary N) is 1. The lowest BCUT2D eigenvalue weighted by atomic mass is 10.2. The van der Waals surface area contributed by atoms with Gasteiger partial charge in [0.05, 0.1) is 12.2 Å². The van der Waals surface area contributed by atoms with Crippen LogP contribution in [0.15, 0.2) is 36.7 Å². The molecule has 0 bridgehead atoms. The van der Waals surface area contributed by atoms with Crippen LogP contribution in [0.1, 0.15) is 31.1 Å². The largest absolute Gasteiger partial charge is 0.444 e. The highest BCUT2D eigenvalue weighted by Gasteiger charge is 2.27. The van der Waals surface area contributed by atoms with E-state index in [0.29, 0.717) is 37.4 Å². The molecule has 164 valence electrons. The predicted octanol–water partition coefficient (Wildman–Crippen LogP) is 0.606. The first-order chi connectivity index (χ1) is 14.1. The fourth-order valence-electron chi connectivity index (χ4n) is 2.80. The van der Waals surface area contributed by atoms with Crippen LogP contribution < -0.4 is 21.9 Å². The first kappa shape index (κ1) is 23.0. The summed E-state index contributed by atoms with van der Waals surface area (Å²) < 4.78 is 5.34. The Labute approximate surface area is 176 Å². The zero-order valence-electron chi connectivity index (χ0n) is 17.6. The Kier molecular flexibility index (Phi) is 7.65. The summed E-state index contributed by atoms with van der Waals surface area (Å²) in [5.41, 5.74) is 5.80. The molecule has 0 aromatic heterocycles. The number of anilines is 1. The van der Waals surface area contributed by atoms with Crippen molar-refractivity contribution in [1.29, 1.82) is 0 Å². The van der Waals surface area contributed by atoms with E-state index in [9.17, 15) is 14.4 Å². The summed E-state index contributed by atoms with van der Waals surface area (Å²) in [4.78, 5) is 40.0. The van der Waals surface area contributed by atoms with Crippen molar-refractivity contribution in [1.82, 2.24) is 15.1 Å². The molecule has 1 saturated heterocycles. The number of piperazine rings is 1. The molecule has 3 amide bonds. The van der Waals surface area contributed by atoms with Crippen molar-refractivity contribution < 1.29 is 19.1 Å². The zero-order chi connectivity index (χ0) is 22.3. The maximum absolute atomic E-state index is 12.4. The topological polar surface area (TPSA) is 134 Å². The molecular formula is C20H30N6O4. The summed E-state index contributed by atoms with van der Waals surface area (Å²) in [6.07, 6.45) is 2.40. The molecule has 1 fully saturated rings. The van der Waals surface area contributed by atoms with Gasteiger partial charge in [-0.05, 0) is 45.0 Å². The lowest BCUT2D eigenvalue weighted by molar-refractivity contribution is -0.131. The summed E-state index contributed by atoms with van der Waals surface area (Å²) in [5, 5.41) is 3.94. The van der Waals surface area contributed by atoms with Crippen LogP contribution in [-0.2, 0) is 9.53 Å². The number of hydrogen-bond acceptors (Lipinski definition) is 7. The Morgan fingerprint density at radius 2 is 1.67 bits per heavy atom. The molecule has 0 spiro atoms. The number of carbonyl (C=O) groups is 3. The Morgan fingerprint density at radius 1 is 1.10 bits per heavy atom. The highest BCUT2D eigenvalue weighted by molar-refractivity contribution is 5.96. The van der Waals surface area contributed by atoms with Crippen LogP contribution in [0.5, 0.6) is 0 Å². The van der Waals surface area contributed by atoms with Gasteiger partial charge in [0.1, 0.15) is 5.60 Å². The van der Waals surface area contributed by atoms with E-state index >= 15 is 0 Å². The van der Waals surface area contributed by atoms with Crippen molar-refractivity contribution in [3.8, 4) is 0 Å². The summed E-state index contributed by atoms with van der Waals surface area (Å²) in [6, 6.07) is 6.57. The standard InChI is InChI=1S/C20H30N6O4/c1-20(2,3)30-19(29)25-12-10-24(11-13-25)17(27)14-23-18(28)15-4-6-16(7-5-15)26(22)9-8-21/h4-9H,10-14,21-22H2,1-3H3,(H,23,28)/b9-8-. The second-order valence-electron chi connectivity index (χ2n) is 7.83. The Bertz CT molecular complexity index is 779. The maximum atomic E-state index is 12.4. The minimum absolute atomic E-state index is 0.119. The third-order valence-electron chi connectivity index (χ3n) is 4.36. The van der Waals surface area contributed by atoms with Gasteiger partial charge in [0.2, 0.25) is 5.91 Å². The molecule has 1 aliphatic rings. The molecule has 1 aromatic rings. The van der Waals surface area contributed by atoms with Crippen LogP contribution in [-0.4, -0.2) is 66.0 Å². The molecule has 10 heteroatoms. The van der Waals surface area contributed by atoms with Crippen molar-refractivity contribution in [2.75, 3.05) is 37.7 Å². The van der Waals surface area contributed by atoms with Gasteiger partial charge in [-0.2, -0.15) is 0 Å². The molecule has 1 heterocycles. The van der Waals surface area contributed by atoms with E-state index in [0.717, 1.165) is 0 Å². The summed E-state index contributed by atoms with van der Waals surface area (Å²) >= 11 is 0. The third kappa shape index (κ3) is 6.66. The lowest BCUT2D eigenvalue weighted by Crippen LogP contribution is -2.53. The van der Waals surface area contributed by atoms with Crippen LogP contribution in [0.4, 0.5) is 10.5 Å². The van der Waals surface area contributed by atoms with Crippen LogP contribution in [0.25, 0.3) is 0 Å². The van der Waals surface area contributed by atoms with Crippen molar-refractivity contribution >= 4 is 23.6 Å². The number of hydrogen-bond donors (Lipinski definition) is 3. The van der Waals surface area contributed by atoms with Gasteiger partial charge in [-0.15, -0.1) is 0 Å². The SMILES string of the molecule is CC(C)(C)OC(=O)N1CCN(C(=O)CNC(=O)c2ccc(N(N)/C=C\N)cc2)CC1. The maximum Gasteiger partial charge on any atom is 0.410 e. The first-order valence-corrected chi connectivity index (χ1v) is 9.67. The van der Waals surface area contributed by atoms with Crippen molar-refractivity contribution in [3.05, 3.63) is 42.2 Å². The Morgan fingerprint density at radius 3 is 2.20 bits per heavy atom. The van der Waals surface area contributed by atoms with E-state index in [1.54, 1.807) is 34.1 Å². The van der Waals surface area contributed by atoms with Gasteiger partial charge in [0.15, 0.2) is 0 Å². The number of carbonyl (C=O) groups excluding carboxylic acids is 3. The molecular weight excluding hydrogens is 388 g/mol. The molecule has 5 N–H and O–H groups in total. The number of benzene rings is 1. The third-order valence-corrected chi connectivity index (χ3v) is 4.36. The smallest absolute Gasteiger partial charge is 0.410 e. The van der Waals surface area contributed by atoms with E-state index in [1.165, 1.54) is 17.4 Å². The van der Waals surface area contributed by atoms with Gasteiger partial charge >= 0.3 is 6.09 Å². The van der Waals surface area contributed by atoms with Crippen molar-refractivity contribution in [2.45, 2.75) is 26.4 Å². The molecule has 0 atom stereocenters. The quantitative estimate of drug-likeness (QED) is 0.471. The number of nitrogens with two attached hydrogens (primary N) is 2. The van der Waals surface area contributed by atoms with Gasteiger partial charge < -0.3 is 25.6 Å². The van der Waals surface area contributed by atoms with Gasteiger partial charge in [-0.3, -0.25) is 14.6 Å². The highest BCUT2D eigenvalue weighted by atomic mass is 16.6. The monoisotopic (exact) mass is 418 g/mol. The fourth-order valence-corrected chi connectivity index (χ4v) is 2.80. The number of ether oxygens (including phenoxy) is 1. The summed E-state index contributed by atoms with van der Waals surface area (Å²) in [7, 11) is 0. The summed E-state index contributed by atoms with van der Waals surface area (Å²) in [6.45, 7) is 6.88. The second-order valence-corrected chi connectivity index (χ2v) is 7.83. The fraction of sp³-hybridized carbons (Fsp3) is 0.450. The normalized spacial score (nSPS) is 14.5. The van der Waals surface area contributed by atoms with Gasteiger partial charge in [0.25, 0.3) is 5.91 Å². The first-order valence-electron chi connectivity index (χ1n) is 9.67. The van der Waals surface area contributed by atoms with Crippen LogP contribution in [0, 0.1) is 0 Å². The van der Waals surface area contributed by atoms with E-state index in [1.807, 2.05) is 20.8 Å². The molecule has 0 saturated carbocycles. The number of rotatable bonds is 5. The van der Waals surface area contributed by atoms with Gasteiger partial charge in [0, 0.05) is 44.1 Å². The molecule has 1 aliphatic heterocycles. The minimum atomic E-state index is -0.559. The Balaban J connectivity index is 1.79. The van der Waals surface area contributed by atoms with Crippen molar-refractivity contribution in [3.63, 3.8) is 0 Å². The van der Waals surface area contributed by atoms with E-state index in [4.69, 9.17) is 16.3 Å². The predicted molar refractivity (Wildman–Crippen MR) is 113 cm³/mol. The lowest BCUT2D eigenvalue weighted by Gasteiger charge is -2.35. The Hall–Kier alpha value is -3.27. The van der Waals surface area contributed by atoms with Crippen LogP contribution in [0.2, 0.25) is 0 Å². The van der Waals surface area contributed by atoms with Crippen molar-refractivity contribution in [2.24, 2.45) is 11.6 Å². The molecule has 0 radical (unpaired) electrons. The molecule has 1 aromatic carbocycles. The van der Waals surface area contributed by atoms with Gasteiger partial charge in [-0.25, -0.2) is 10.6 Å². The number of hydrazine groups is 1. The zero-order valence-corrected chi connectivity index (χ0v) is 17.6. The molecule has 30 heavy (non-hydrogen) atoms. The average molecular weight is 418 g/mol. The van der Waals surface area contributed by atoms with E-state index in [2.05, 4.69) is 5.32 Å². The molecule has 10 nitrogen and oxygen atoms in total. The molecule has 2 rings (SSSR count). The number of amides is 3. The average Bonchev–Trinajstić information content (AvgIpc) is 2.71. The van der Waals surface area contributed by atoms with Crippen LogP contribution >= 0.6 is 0 Å². The molecule has 0 unspecified atom stereocenters. The summed E-state index contributed by atoms with van der Waals surface area (Å²) in [5.74, 6) is 5.19. The van der Waals surface area contributed by atoms with Crippen LogP contribution in [0.3, 0.4) is 0 Å². The second kappa shape index (κ2) is 9.97. The highest BCUT2D eigenvalue weighted by Crippen LogP contribution is 2.13. The van der Waals surface area contributed by atoms with Gasteiger partial charge in [-0.1, -0.05) is 0 Å². The minimum Gasteiger partial charge on any atom is -0.444 e. The van der Waals surface area contributed by atoms with E-state index in [-0.39, 0.29) is 24.5 Å².